The Hall–Kier alpha value is -0.0800. The van der Waals surface area contributed by atoms with Crippen molar-refractivity contribution in [2.75, 3.05) is 26.2 Å². The molecular formula is C15H30N2. The second-order valence-electron chi connectivity index (χ2n) is 6.21. The van der Waals surface area contributed by atoms with Crippen LogP contribution in [0.4, 0.5) is 0 Å². The third-order valence-corrected chi connectivity index (χ3v) is 4.87. The van der Waals surface area contributed by atoms with Gasteiger partial charge in [0.1, 0.15) is 0 Å². The van der Waals surface area contributed by atoms with Crippen LogP contribution in [0.5, 0.6) is 0 Å². The summed E-state index contributed by atoms with van der Waals surface area (Å²) in [4.78, 5) is 2.81. The van der Waals surface area contributed by atoms with E-state index in [1.165, 1.54) is 71.1 Å². The second-order valence-corrected chi connectivity index (χ2v) is 6.21. The fourth-order valence-corrected chi connectivity index (χ4v) is 3.91. The van der Waals surface area contributed by atoms with Gasteiger partial charge in [-0.25, -0.2) is 0 Å². The van der Waals surface area contributed by atoms with Crippen LogP contribution in [0.2, 0.25) is 0 Å². The van der Waals surface area contributed by atoms with E-state index in [1.54, 1.807) is 0 Å². The van der Waals surface area contributed by atoms with Gasteiger partial charge in [0.2, 0.25) is 0 Å². The molecule has 0 spiro atoms. The Kier molecular flexibility index (Phi) is 4.87. The Labute approximate surface area is 107 Å². The largest absolute Gasteiger partial charge is 0.316 e. The highest BCUT2D eigenvalue weighted by Crippen LogP contribution is 2.34. The van der Waals surface area contributed by atoms with Crippen LogP contribution in [-0.4, -0.2) is 37.1 Å². The van der Waals surface area contributed by atoms with Crippen molar-refractivity contribution in [1.82, 2.24) is 10.2 Å². The molecule has 0 aromatic carbocycles. The lowest BCUT2D eigenvalue weighted by atomic mass is 9.81. The van der Waals surface area contributed by atoms with E-state index >= 15 is 0 Å². The highest BCUT2D eigenvalue weighted by Gasteiger charge is 2.36. The van der Waals surface area contributed by atoms with Crippen molar-refractivity contribution in [3.63, 3.8) is 0 Å². The molecule has 0 aliphatic carbocycles. The smallest absolute Gasteiger partial charge is 0.00928 e. The van der Waals surface area contributed by atoms with Crippen LogP contribution in [0.3, 0.4) is 0 Å². The average molecular weight is 238 g/mol. The highest BCUT2D eigenvalue weighted by atomic mass is 15.2. The molecule has 2 heteroatoms. The maximum absolute atomic E-state index is 3.59. The van der Waals surface area contributed by atoms with Gasteiger partial charge in [-0.1, -0.05) is 26.7 Å². The maximum atomic E-state index is 3.59. The van der Waals surface area contributed by atoms with E-state index in [-0.39, 0.29) is 0 Å². The zero-order chi connectivity index (χ0) is 12.1. The molecule has 0 saturated carbocycles. The van der Waals surface area contributed by atoms with Crippen molar-refractivity contribution in [1.29, 1.82) is 0 Å². The molecule has 2 rings (SSSR count). The summed E-state index contributed by atoms with van der Waals surface area (Å²) < 4.78 is 0. The number of rotatable bonds is 5. The van der Waals surface area contributed by atoms with E-state index in [9.17, 15) is 0 Å². The molecule has 2 aliphatic heterocycles. The maximum Gasteiger partial charge on any atom is 0.00928 e. The molecule has 2 atom stereocenters. The first kappa shape index (κ1) is 13.4. The van der Waals surface area contributed by atoms with Crippen molar-refractivity contribution in [2.24, 2.45) is 5.41 Å². The Balaban J connectivity index is 1.96. The molecule has 0 radical (unpaired) electrons. The van der Waals surface area contributed by atoms with E-state index < -0.39 is 0 Å². The molecular weight excluding hydrogens is 208 g/mol. The number of piperidine rings is 1. The van der Waals surface area contributed by atoms with Gasteiger partial charge in [0, 0.05) is 19.1 Å². The van der Waals surface area contributed by atoms with Gasteiger partial charge >= 0.3 is 0 Å². The van der Waals surface area contributed by atoms with Gasteiger partial charge in [-0.05, 0) is 50.6 Å². The first-order valence-corrected chi connectivity index (χ1v) is 7.74. The van der Waals surface area contributed by atoms with Gasteiger partial charge in [-0.15, -0.1) is 0 Å². The van der Waals surface area contributed by atoms with E-state index in [2.05, 4.69) is 24.1 Å². The van der Waals surface area contributed by atoms with Gasteiger partial charge < -0.3 is 5.32 Å². The van der Waals surface area contributed by atoms with Crippen LogP contribution < -0.4 is 5.32 Å². The molecule has 0 aromatic rings. The van der Waals surface area contributed by atoms with Crippen molar-refractivity contribution >= 4 is 0 Å². The zero-order valence-corrected chi connectivity index (χ0v) is 11.8. The Bertz CT molecular complexity index is 221. The van der Waals surface area contributed by atoms with Gasteiger partial charge in [0.15, 0.2) is 0 Å². The fraction of sp³-hybridized carbons (Fsp3) is 1.00. The molecule has 17 heavy (non-hydrogen) atoms. The number of hydrogen-bond acceptors (Lipinski definition) is 2. The molecule has 2 heterocycles. The van der Waals surface area contributed by atoms with Crippen molar-refractivity contribution in [2.45, 2.75) is 64.8 Å². The molecule has 0 aromatic heterocycles. The first-order valence-electron chi connectivity index (χ1n) is 7.74. The van der Waals surface area contributed by atoms with Crippen molar-refractivity contribution in [3.8, 4) is 0 Å². The van der Waals surface area contributed by atoms with Gasteiger partial charge in [0.25, 0.3) is 0 Å². The zero-order valence-electron chi connectivity index (χ0n) is 11.8. The molecule has 2 unspecified atom stereocenters. The highest BCUT2D eigenvalue weighted by molar-refractivity contribution is 4.92. The summed E-state index contributed by atoms with van der Waals surface area (Å²) in [5.41, 5.74) is 0.597. The minimum atomic E-state index is 0.597. The predicted molar refractivity (Wildman–Crippen MR) is 74.3 cm³/mol. The minimum absolute atomic E-state index is 0.597. The van der Waals surface area contributed by atoms with Gasteiger partial charge in [-0.2, -0.15) is 0 Å². The third-order valence-electron chi connectivity index (χ3n) is 4.87. The van der Waals surface area contributed by atoms with Crippen LogP contribution in [-0.2, 0) is 0 Å². The summed E-state index contributed by atoms with van der Waals surface area (Å²) in [5, 5.41) is 3.59. The van der Waals surface area contributed by atoms with Gasteiger partial charge in [-0.3, -0.25) is 4.90 Å². The topological polar surface area (TPSA) is 15.3 Å². The monoisotopic (exact) mass is 238 g/mol. The van der Waals surface area contributed by atoms with E-state index in [0.717, 1.165) is 6.04 Å². The summed E-state index contributed by atoms with van der Waals surface area (Å²) >= 11 is 0. The van der Waals surface area contributed by atoms with E-state index in [1.807, 2.05) is 0 Å². The number of hydrogen-bond donors (Lipinski definition) is 1. The number of likely N-dealkylation sites (tertiary alicyclic amines) is 1. The molecule has 0 amide bonds. The molecule has 2 nitrogen and oxygen atoms in total. The molecule has 2 aliphatic rings. The standard InChI is InChI=1S/C15H30N2/c1-3-8-15(9-10-16-12-15)13-17-11-6-5-7-14(17)4-2/h14,16H,3-13H2,1-2H3. The second kappa shape index (κ2) is 6.19. The van der Waals surface area contributed by atoms with Crippen molar-refractivity contribution in [3.05, 3.63) is 0 Å². The molecule has 100 valence electrons. The quantitative estimate of drug-likeness (QED) is 0.792. The van der Waals surface area contributed by atoms with Crippen molar-refractivity contribution < 1.29 is 0 Å². The Morgan fingerprint density at radius 2 is 2.18 bits per heavy atom. The lowest BCUT2D eigenvalue weighted by Crippen LogP contribution is -2.46. The molecule has 2 fully saturated rings. The molecule has 0 bridgehead atoms. The number of nitrogens with zero attached hydrogens (tertiary/aromatic N) is 1. The normalized spacial score (nSPS) is 35.3. The van der Waals surface area contributed by atoms with Crippen LogP contribution in [0.15, 0.2) is 0 Å². The van der Waals surface area contributed by atoms with Crippen LogP contribution in [0.25, 0.3) is 0 Å². The predicted octanol–water partition coefficient (Wildman–Crippen LogP) is 3.03. The summed E-state index contributed by atoms with van der Waals surface area (Å²) in [5.74, 6) is 0. The third kappa shape index (κ3) is 3.23. The first-order chi connectivity index (χ1) is 8.29. The van der Waals surface area contributed by atoms with E-state index in [4.69, 9.17) is 0 Å². The van der Waals surface area contributed by atoms with Crippen LogP contribution in [0.1, 0.15) is 58.8 Å². The van der Waals surface area contributed by atoms with Crippen LogP contribution in [0, 0.1) is 5.41 Å². The summed E-state index contributed by atoms with van der Waals surface area (Å²) in [6.45, 7) is 9.91. The summed E-state index contributed by atoms with van der Waals surface area (Å²) in [6.07, 6.45) is 9.80. The average Bonchev–Trinajstić information content (AvgIpc) is 2.79. The van der Waals surface area contributed by atoms with Crippen LogP contribution >= 0.6 is 0 Å². The number of nitrogens with one attached hydrogen (secondary N) is 1. The fourth-order valence-electron chi connectivity index (χ4n) is 3.91. The van der Waals surface area contributed by atoms with E-state index in [0.29, 0.717) is 5.41 Å². The summed E-state index contributed by atoms with van der Waals surface area (Å²) in [7, 11) is 0. The SMILES string of the molecule is CCCC1(CN2CCCCC2CC)CCNC1. The lowest BCUT2D eigenvalue weighted by Gasteiger charge is -2.41. The summed E-state index contributed by atoms with van der Waals surface area (Å²) in [6, 6.07) is 0.873. The van der Waals surface area contributed by atoms with Gasteiger partial charge in [0.05, 0.1) is 0 Å². The minimum Gasteiger partial charge on any atom is -0.316 e. The molecule has 1 N–H and O–H groups in total. The molecule has 2 saturated heterocycles. The Morgan fingerprint density at radius 1 is 1.29 bits per heavy atom. The Morgan fingerprint density at radius 3 is 2.82 bits per heavy atom. The lowest BCUT2D eigenvalue weighted by molar-refractivity contribution is 0.0808.